The first-order valence-corrected chi connectivity index (χ1v) is 8.28. The van der Waals surface area contributed by atoms with Crippen molar-refractivity contribution in [2.24, 2.45) is 10.7 Å². The van der Waals surface area contributed by atoms with Crippen molar-refractivity contribution in [2.45, 2.75) is 31.1 Å². The SMILES string of the molecule is Cc1nc(CCCSc2nccc(NC(N)=NCC(F)(F)F)n2)n[nH]1. The van der Waals surface area contributed by atoms with Gasteiger partial charge in [0, 0.05) is 18.4 Å². The maximum absolute atomic E-state index is 12.1. The number of halogens is 3. The first-order chi connectivity index (χ1) is 11.8. The second kappa shape index (κ2) is 8.65. The predicted octanol–water partition coefficient (Wildman–Crippen LogP) is 1.92. The molecule has 25 heavy (non-hydrogen) atoms. The topological polar surface area (TPSA) is 118 Å². The Labute approximate surface area is 146 Å². The van der Waals surface area contributed by atoms with E-state index < -0.39 is 12.7 Å². The van der Waals surface area contributed by atoms with E-state index in [9.17, 15) is 13.2 Å². The van der Waals surface area contributed by atoms with Crippen LogP contribution < -0.4 is 11.1 Å². The summed E-state index contributed by atoms with van der Waals surface area (Å²) in [6, 6.07) is 1.50. The molecule has 0 radical (unpaired) electrons. The molecule has 2 rings (SSSR count). The second-order valence-electron chi connectivity index (χ2n) is 4.96. The number of H-pyrrole nitrogens is 1. The Morgan fingerprint density at radius 2 is 2.20 bits per heavy atom. The lowest BCUT2D eigenvalue weighted by atomic mass is 10.3. The highest BCUT2D eigenvalue weighted by atomic mass is 32.2. The third kappa shape index (κ3) is 7.37. The number of alkyl halides is 3. The van der Waals surface area contributed by atoms with E-state index in [0.29, 0.717) is 5.16 Å². The first kappa shape index (κ1) is 19.0. The molecular weight excluding hydrogens is 357 g/mol. The number of aromatic nitrogens is 5. The van der Waals surface area contributed by atoms with Crippen molar-refractivity contribution in [2.75, 3.05) is 17.6 Å². The van der Waals surface area contributed by atoms with Gasteiger partial charge in [0.2, 0.25) is 0 Å². The fourth-order valence-electron chi connectivity index (χ4n) is 1.72. The lowest BCUT2D eigenvalue weighted by molar-refractivity contribution is -0.118. The summed E-state index contributed by atoms with van der Waals surface area (Å²) in [5.41, 5.74) is 5.41. The van der Waals surface area contributed by atoms with Gasteiger partial charge in [0.05, 0.1) is 0 Å². The Kier molecular flexibility index (Phi) is 6.56. The number of aryl methyl sites for hydroxylation is 2. The molecule has 136 valence electrons. The lowest BCUT2D eigenvalue weighted by Crippen LogP contribution is -2.26. The van der Waals surface area contributed by atoms with Crippen LogP contribution in [0.4, 0.5) is 19.0 Å². The van der Waals surface area contributed by atoms with Gasteiger partial charge in [-0.15, -0.1) is 0 Å². The first-order valence-electron chi connectivity index (χ1n) is 7.29. The van der Waals surface area contributed by atoms with Crippen molar-refractivity contribution in [3.63, 3.8) is 0 Å². The van der Waals surface area contributed by atoms with E-state index in [0.717, 1.165) is 30.2 Å². The average Bonchev–Trinajstić information content (AvgIpc) is 2.95. The Morgan fingerprint density at radius 1 is 1.40 bits per heavy atom. The molecule has 0 aliphatic rings. The Bertz CT molecular complexity index is 715. The fourth-order valence-corrected chi connectivity index (χ4v) is 2.49. The summed E-state index contributed by atoms with van der Waals surface area (Å²) < 4.78 is 36.3. The van der Waals surface area contributed by atoms with Gasteiger partial charge in [-0.05, 0) is 19.4 Å². The standard InChI is InChI=1S/C13H17F3N8S/c1-8-20-10(24-23-8)3-2-6-25-12-18-5-4-9(22-12)21-11(17)19-7-13(14,15)16/h4-5H,2-3,6-7H2,1H3,(H,20,23,24)(H3,17,18,19,21,22). The van der Waals surface area contributed by atoms with Gasteiger partial charge in [-0.1, -0.05) is 11.8 Å². The largest absolute Gasteiger partial charge is 0.408 e. The van der Waals surface area contributed by atoms with Gasteiger partial charge in [0.15, 0.2) is 16.9 Å². The van der Waals surface area contributed by atoms with Gasteiger partial charge in [0.25, 0.3) is 0 Å². The summed E-state index contributed by atoms with van der Waals surface area (Å²) in [4.78, 5) is 15.7. The predicted molar refractivity (Wildman–Crippen MR) is 88.4 cm³/mol. The number of aromatic amines is 1. The third-order valence-corrected chi connectivity index (χ3v) is 3.69. The average molecular weight is 374 g/mol. The van der Waals surface area contributed by atoms with Gasteiger partial charge >= 0.3 is 6.18 Å². The number of anilines is 1. The molecule has 0 saturated heterocycles. The zero-order valence-corrected chi connectivity index (χ0v) is 14.2. The van der Waals surface area contributed by atoms with Crippen LogP contribution in [0.5, 0.6) is 0 Å². The van der Waals surface area contributed by atoms with E-state index in [4.69, 9.17) is 5.73 Å². The Balaban J connectivity index is 1.80. The molecule has 0 bridgehead atoms. The van der Waals surface area contributed by atoms with E-state index in [-0.39, 0.29) is 11.8 Å². The molecule has 0 spiro atoms. The number of hydrogen-bond donors (Lipinski definition) is 3. The van der Waals surface area contributed by atoms with Crippen molar-refractivity contribution in [3.05, 3.63) is 23.9 Å². The van der Waals surface area contributed by atoms with Gasteiger partial charge in [-0.25, -0.2) is 19.9 Å². The van der Waals surface area contributed by atoms with Gasteiger partial charge < -0.3 is 11.1 Å². The van der Waals surface area contributed by atoms with Crippen LogP contribution in [0.25, 0.3) is 0 Å². The minimum absolute atomic E-state index is 0.283. The number of nitrogens with one attached hydrogen (secondary N) is 2. The van der Waals surface area contributed by atoms with E-state index in [1.807, 2.05) is 6.92 Å². The molecule has 2 aromatic heterocycles. The summed E-state index contributed by atoms with van der Waals surface area (Å²) >= 11 is 1.42. The van der Waals surface area contributed by atoms with E-state index >= 15 is 0 Å². The Morgan fingerprint density at radius 3 is 2.88 bits per heavy atom. The summed E-state index contributed by atoms with van der Waals surface area (Å²) in [6.45, 7) is 0.487. The maximum atomic E-state index is 12.1. The summed E-state index contributed by atoms with van der Waals surface area (Å²) in [5.74, 6) is 2.20. The number of rotatable bonds is 7. The van der Waals surface area contributed by atoms with Crippen LogP contribution >= 0.6 is 11.8 Å². The number of thioether (sulfide) groups is 1. The van der Waals surface area contributed by atoms with Crippen LogP contribution in [0.1, 0.15) is 18.1 Å². The van der Waals surface area contributed by atoms with E-state index in [1.165, 1.54) is 24.0 Å². The monoisotopic (exact) mass is 374 g/mol. The molecule has 0 aliphatic carbocycles. The molecule has 8 nitrogen and oxygen atoms in total. The smallest absolute Gasteiger partial charge is 0.370 e. The van der Waals surface area contributed by atoms with Crippen molar-refractivity contribution >= 4 is 23.5 Å². The fraction of sp³-hybridized carbons (Fsp3) is 0.462. The summed E-state index contributed by atoms with van der Waals surface area (Å²) in [5, 5.41) is 9.83. The molecule has 0 atom stereocenters. The summed E-state index contributed by atoms with van der Waals surface area (Å²) in [6.07, 6.45) is -1.35. The molecule has 4 N–H and O–H groups in total. The van der Waals surface area contributed by atoms with Crippen molar-refractivity contribution < 1.29 is 13.2 Å². The molecule has 12 heteroatoms. The van der Waals surface area contributed by atoms with E-state index in [1.54, 1.807) is 0 Å². The van der Waals surface area contributed by atoms with Crippen LogP contribution in [-0.4, -0.2) is 49.6 Å². The molecular formula is C13H17F3N8S. The molecule has 2 aromatic rings. The highest BCUT2D eigenvalue weighted by Crippen LogP contribution is 2.17. The number of nitrogens with two attached hydrogens (primary N) is 1. The van der Waals surface area contributed by atoms with Crippen LogP contribution in [0.3, 0.4) is 0 Å². The van der Waals surface area contributed by atoms with Crippen LogP contribution in [0, 0.1) is 6.92 Å². The highest BCUT2D eigenvalue weighted by molar-refractivity contribution is 7.99. The van der Waals surface area contributed by atoms with Gasteiger partial charge in [0.1, 0.15) is 18.2 Å². The highest BCUT2D eigenvalue weighted by Gasteiger charge is 2.26. The van der Waals surface area contributed by atoms with Gasteiger partial charge in [-0.3, -0.25) is 5.10 Å². The third-order valence-electron chi connectivity index (χ3n) is 2.74. The van der Waals surface area contributed by atoms with Crippen LogP contribution in [0.15, 0.2) is 22.4 Å². The number of hydrogen-bond acceptors (Lipinski definition) is 6. The molecule has 2 heterocycles. The molecule has 0 fully saturated rings. The molecule has 0 saturated carbocycles. The lowest BCUT2D eigenvalue weighted by Gasteiger charge is -2.07. The van der Waals surface area contributed by atoms with Gasteiger partial charge in [-0.2, -0.15) is 18.3 Å². The zero-order valence-electron chi connectivity index (χ0n) is 13.3. The van der Waals surface area contributed by atoms with Crippen LogP contribution in [0.2, 0.25) is 0 Å². The van der Waals surface area contributed by atoms with Crippen LogP contribution in [-0.2, 0) is 6.42 Å². The number of guanidine groups is 1. The zero-order chi connectivity index (χ0) is 18.3. The van der Waals surface area contributed by atoms with Crippen molar-refractivity contribution in [1.29, 1.82) is 0 Å². The second-order valence-corrected chi connectivity index (χ2v) is 6.02. The Hall–Kier alpha value is -2.37. The number of nitrogens with zero attached hydrogens (tertiary/aromatic N) is 5. The quantitative estimate of drug-likeness (QED) is 0.223. The van der Waals surface area contributed by atoms with Crippen molar-refractivity contribution in [1.82, 2.24) is 25.1 Å². The molecule has 0 aromatic carbocycles. The molecule has 0 aliphatic heterocycles. The molecule has 0 unspecified atom stereocenters. The minimum Gasteiger partial charge on any atom is -0.370 e. The maximum Gasteiger partial charge on any atom is 0.408 e. The summed E-state index contributed by atoms with van der Waals surface area (Å²) in [7, 11) is 0. The number of aliphatic imine (C=N–C) groups is 1. The normalized spacial score (nSPS) is 12.4. The van der Waals surface area contributed by atoms with E-state index in [2.05, 4.69) is 35.5 Å². The molecule has 0 amide bonds. The van der Waals surface area contributed by atoms with Crippen molar-refractivity contribution in [3.8, 4) is 0 Å². The minimum atomic E-state index is -4.40.